The van der Waals surface area contributed by atoms with Gasteiger partial charge in [0.2, 0.25) is 11.8 Å². The molecule has 0 saturated heterocycles. The van der Waals surface area contributed by atoms with Gasteiger partial charge in [-0.1, -0.05) is 6.07 Å². The second-order valence-corrected chi connectivity index (χ2v) is 5.35. The lowest BCUT2D eigenvalue weighted by molar-refractivity contribution is -0.115. The van der Waals surface area contributed by atoms with E-state index in [9.17, 15) is 14.4 Å². The standard InChI is InChI=1S/C18H19N3O4/c1-11(22)19-15-7-13(8-16(9-15)20-12(2)23)18(24)21-14-5-4-6-17(10-14)25-3/h4-10H,1-3H3,(H,19,22)(H,20,23)(H,21,24). The summed E-state index contributed by atoms with van der Waals surface area (Å²) in [5.74, 6) is -0.325. The number of carbonyl (C=O) groups is 3. The zero-order valence-electron chi connectivity index (χ0n) is 14.2. The van der Waals surface area contributed by atoms with Crippen LogP contribution in [-0.4, -0.2) is 24.8 Å². The second kappa shape index (κ2) is 7.96. The summed E-state index contributed by atoms with van der Waals surface area (Å²) in [4.78, 5) is 35.1. The van der Waals surface area contributed by atoms with Gasteiger partial charge in [-0.25, -0.2) is 0 Å². The first-order valence-electron chi connectivity index (χ1n) is 7.53. The summed E-state index contributed by atoms with van der Waals surface area (Å²) >= 11 is 0. The zero-order chi connectivity index (χ0) is 18.4. The molecule has 3 N–H and O–H groups in total. The predicted octanol–water partition coefficient (Wildman–Crippen LogP) is 2.86. The highest BCUT2D eigenvalue weighted by molar-refractivity contribution is 6.06. The number of ether oxygens (including phenoxy) is 1. The van der Waals surface area contributed by atoms with E-state index < -0.39 is 0 Å². The minimum atomic E-state index is -0.382. The molecule has 2 rings (SSSR count). The third kappa shape index (κ3) is 5.35. The van der Waals surface area contributed by atoms with Gasteiger partial charge in [0.1, 0.15) is 5.75 Å². The summed E-state index contributed by atoms with van der Waals surface area (Å²) in [5.41, 5.74) is 1.68. The van der Waals surface area contributed by atoms with Crippen LogP contribution in [0.15, 0.2) is 42.5 Å². The van der Waals surface area contributed by atoms with E-state index in [4.69, 9.17) is 4.74 Å². The molecule has 0 saturated carbocycles. The normalized spacial score (nSPS) is 9.88. The maximum atomic E-state index is 12.5. The minimum absolute atomic E-state index is 0.279. The summed E-state index contributed by atoms with van der Waals surface area (Å²) in [6.45, 7) is 2.72. The third-order valence-corrected chi connectivity index (χ3v) is 3.16. The minimum Gasteiger partial charge on any atom is -0.497 e. The molecule has 0 bridgehead atoms. The molecule has 7 nitrogen and oxygen atoms in total. The summed E-state index contributed by atoms with van der Waals surface area (Å²) in [6.07, 6.45) is 0. The number of rotatable bonds is 5. The van der Waals surface area contributed by atoms with Crippen LogP contribution in [-0.2, 0) is 9.59 Å². The van der Waals surface area contributed by atoms with Gasteiger partial charge in [0.25, 0.3) is 5.91 Å². The zero-order valence-corrected chi connectivity index (χ0v) is 14.2. The van der Waals surface area contributed by atoms with Crippen molar-refractivity contribution in [3.8, 4) is 5.75 Å². The van der Waals surface area contributed by atoms with E-state index in [1.54, 1.807) is 30.3 Å². The molecule has 0 radical (unpaired) electrons. The maximum Gasteiger partial charge on any atom is 0.255 e. The average molecular weight is 341 g/mol. The fraction of sp³-hybridized carbons (Fsp3) is 0.167. The van der Waals surface area contributed by atoms with Gasteiger partial charge in [-0.05, 0) is 30.3 Å². The van der Waals surface area contributed by atoms with Crippen LogP contribution < -0.4 is 20.7 Å². The third-order valence-electron chi connectivity index (χ3n) is 3.16. The fourth-order valence-corrected chi connectivity index (χ4v) is 2.21. The first-order valence-corrected chi connectivity index (χ1v) is 7.53. The lowest BCUT2D eigenvalue weighted by Crippen LogP contribution is -2.15. The number of hydrogen-bond acceptors (Lipinski definition) is 4. The fourth-order valence-electron chi connectivity index (χ4n) is 2.21. The first kappa shape index (κ1) is 18.0. The lowest BCUT2D eigenvalue weighted by atomic mass is 10.1. The first-order chi connectivity index (χ1) is 11.9. The molecule has 7 heteroatoms. The molecule has 0 aliphatic heterocycles. The van der Waals surface area contributed by atoms with E-state index in [2.05, 4.69) is 16.0 Å². The Labute approximate surface area is 145 Å². The van der Waals surface area contributed by atoms with Crippen molar-refractivity contribution in [1.82, 2.24) is 0 Å². The Morgan fingerprint density at radius 1 is 0.800 bits per heavy atom. The van der Waals surface area contributed by atoms with Crippen molar-refractivity contribution in [3.63, 3.8) is 0 Å². The van der Waals surface area contributed by atoms with E-state index in [0.29, 0.717) is 22.8 Å². The van der Waals surface area contributed by atoms with Crippen LogP contribution >= 0.6 is 0 Å². The monoisotopic (exact) mass is 341 g/mol. The van der Waals surface area contributed by atoms with Crippen molar-refractivity contribution in [2.75, 3.05) is 23.1 Å². The Hall–Kier alpha value is -3.35. The Morgan fingerprint density at radius 2 is 1.40 bits per heavy atom. The van der Waals surface area contributed by atoms with Crippen molar-refractivity contribution in [1.29, 1.82) is 0 Å². The van der Waals surface area contributed by atoms with Crippen LogP contribution in [0.1, 0.15) is 24.2 Å². The Kier molecular flexibility index (Phi) is 5.73. The smallest absolute Gasteiger partial charge is 0.255 e. The van der Waals surface area contributed by atoms with Gasteiger partial charge in [0.05, 0.1) is 7.11 Å². The number of benzene rings is 2. The number of carbonyl (C=O) groups excluding carboxylic acids is 3. The van der Waals surface area contributed by atoms with Crippen LogP contribution in [0.4, 0.5) is 17.1 Å². The van der Waals surface area contributed by atoms with Gasteiger partial charge in [0, 0.05) is 42.5 Å². The molecule has 2 aromatic carbocycles. The van der Waals surface area contributed by atoms with E-state index >= 15 is 0 Å². The molecule has 0 aromatic heterocycles. The molecule has 0 unspecified atom stereocenters. The summed E-state index contributed by atoms with van der Waals surface area (Å²) in [5, 5.41) is 7.96. The molecule has 3 amide bonds. The van der Waals surface area contributed by atoms with Gasteiger partial charge >= 0.3 is 0 Å². The Balaban J connectivity index is 2.29. The molecular formula is C18H19N3O4. The van der Waals surface area contributed by atoms with Gasteiger partial charge in [-0.15, -0.1) is 0 Å². The number of methoxy groups -OCH3 is 1. The maximum absolute atomic E-state index is 12.5. The van der Waals surface area contributed by atoms with Crippen LogP contribution in [0, 0.1) is 0 Å². The lowest BCUT2D eigenvalue weighted by Gasteiger charge is -2.11. The SMILES string of the molecule is COc1cccc(NC(=O)c2cc(NC(C)=O)cc(NC(C)=O)c2)c1. The van der Waals surface area contributed by atoms with Gasteiger partial charge < -0.3 is 20.7 Å². The molecule has 0 aliphatic rings. The number of anilines is 3. The molecule has 0 fully saturated rings. The molecule has 2 aromatic rings. The highest BCUT2D eigenvalue weighted by atomic mass is 16.5. The molecule has 0 atom stereocenters. The molecule has 25 heavy (non-hydrogen) atoms. The van der Waals surface area contributed by atoms with E-state index in [-0.39, 0.29) is 23.3 Å². The second-order valence-electron chi connectivity index (χ2n) is 5.35. The van der Waals surface area contributed by atoms with E-state index in [1.165, 1.54) is 33.1 Å². The van der Waals surface area contributed by atoms with Gasteiger partial charge in [-0.2, -0.15) is 0 Å². The van der Waals surface area contributed by atoms with Crippen LogP contribution in [0.3, 0.4) is 0 Å². The summed E-state index contributed by atoms with van der Waals surface area (Å²) in [7, 11) is 1.54. The molecule has 0 spiro atoms. The number of amides is 3. The Morgan fingerprint density at radius 3 is 1.92 bits per heavy atom. The highest BCUT2D eigenvalue weighted by Crippen LogP contribution is 2.22. The summed E-state index contributed by atoms with van der Waals surface area (Å²) < 4.78 is 5.12. The highest BCUT2D eigenvalue weighted by Gasteiger charge is 2.11. The largest absolute Gasteiger partial charge is 0.497 e. The molecule has 130 valence electrons. The molecule has 0 heterocycles. The van der Waals surface area contributed by atoms with Crippen molar-refractivity contribution < 1.29 is 19.1 Å². The van der Waals surface area contributed by atoms with Crippen LogP contribution in [0.2, 0.25) is 0 Å². The van der Waals surface area contributed by atoms with Crippen molar-refractivity contribution in [2.45, 2.75) is 13.8 Å². The van der Waals surface area contributed by atoms with Crippen molar-refractivity contribution in [2.24, 2.45) is 0 Å². The van der Waals surface area contributed by atoms with Crippen LogP contribution in [0.5, 0.6) is 5.75 Å². The van der Waals surface area contributed by atoms with E-state index in [0.717, 1.165) is 0 Å². The summed E-state index contributed by atoms with van der Waals surface area (Å²) in [6, 6.07) is 11.6. The molecular weight excluding hydrogens is 322 g/mol. The van der Waals surface area contributed by atoms with E-state index in [1.807, 2.05) is 0 Å². The van der Waals surface area contributed by atoms with Crippen molar-refractivity contribution in [3.05, 3.63) is 48.0 Å². The Bertz CT molecular complexity index is 783. The van der Waals surface area contributed by atoms with Gasteiger partial charge in [-0.3, -0.25) is 14.4 Å². The van der Waals surface area contributed by atoms with Gasteiger partial charge in [0.15, 0.2) is 0 Å². The quantitative estimate of drug-likeness (QED) is 0.779. The number of hydrogen-bond donors (Lipinski definition) is 3. The average Bonchev–Trinajstić information content (AvgIpc) is 2.53. The predicted molar refractivity (Wildman–Crippen MR) is 96.0 cm³/mol. The van der Waals surface area contributed by atoms with Crippen LogP contribution in [0.25, 0.3) is 0 Å². The number of nitrogens with one attached hydrogen (secondary N) is 3. The van der Waals surface area contributed by atoms with Crippen molar-refractivity contribution >= 4 is 34.8 Å². The topological polar surface area (TPSA) is 96.5 Å². The molecule has 0 aliphatic carbocycles.